The highest BCUT2D eigenvalue weighted by Crippen LogP contribution is 2.29. The Morgan fingerprint density at radius 3 is 2.62 bits per heavy atom. The summed E-state index contributed by atoms with van der Waals surface area (Å²) in [5.41, 5.74) is 8.72. The number of benzene rings is 2. The molecule has 0 aliphatic heterocycles. The largest absolute Gasteiger partial charge is 0.399 e. The minimum absolute atomic E-state index is 0.585. The van der Waals surface area contributed by atoms with Crippen molar-refractivity contribution in [2.75, 3.05) is 5.73 Å². The Morgan fingerprint density at radius 2 is 1.94 bits per heavy atom. The molecule has 0 bridgehead atoms. The Hall–Kier alpha value is -1.98. The zero-order valence-electron chi connectivity index (χ0n) is 8.44. The highest BCUT2D eigenvalue weighted by molar-refractivity contribution is 6.33. The SMILES string of the molecule is N#Cc1ccc(Cl)c(-c2cccc(N)c2)c1. The predicted molar refractivity (Wildman–Crippen MR) is 66.0 cm³/mol. The molecule has 0 heterocycles. The lowest BCUT2D eigenvalue weighted by Gasteiger charge is -2.05. The monoisotopic (exact) mass is 228 g/mol. The Balaban J connectivity index is 2.60. The lowest BCUT2D eigenvalue weighted by molar-refractivity contribution is 1.48. The first-order valence-electron chi connectivity index (χ1n) is 4.76. The summed E-state index contributed by atoms with van der Waals surface area (Å²) in [5, 5.41) is 9.45. The summed E-state index contributed by atoms with van der Waals surface area (Å²) in [6.45, 7) is 0. The zero-order chi connectivity index (χ0) is 11.5. The van der Waals surface area contributed by atoms with Gasteiger partial charge in [-0.15, -0.1) is 0 Å². The van der Waals surface area contributed by atoms with Gasteiger partial charge in [0, 0.05) is 16.3 Å². The molecule has 2 aromatic rings. The Labute approximate surface area is 98.9 Å². The average molecular weight is 229 g/mol. The summed E-state index contributed by atoms with van der Waals surface area (Å²) in [5.74, 6) is 0. The van der Waals surface area contributed by atoms with Crippen molar-refractivity contribution in [2.24, 2.45) is 0 Å². The molecule has 0 spiro atoms. The third-order valence-electron chi connectivity index (χ3n) is 2.29. The van der Waals surface area contributed by atoms with Gasteiger partial charge >= 0.3 is 0 Å². The number of nitrogens with two attached hydrogens (primary N) is 1. The second-order valence-electron chi connectivity index (χ2n) is 3.43. The first-order valence-corrected chi connectivity index (χ1v) is 5.14. The van der Waals surface area contributed by atoms with Gasteiger partial charge in [0.05, 0.1) is 11.6 Å². The summed E-state index contributed by atoms with van der Waals surface area (Å²) in [7, 11) is 0. The van der Waals surface area contributed by atoms with Crippen molar-refractivity contribution >= 4 is 17.3 Å². The van der Waals surface area contributed by atoms with Gasteiger partial charge in [-0.05, 0) is 35.9 Å². The normalized spacial score (nSPS) is 9.75. The van der Waals surface area contributed by atoms with Gasteiger partial charge in [0.1, 0.15) is 0 Å². The maximum atomic E-state index is 8.84. The molecule has 2 N–H and O–H groups in total. The van der Waals surface area contributed by atoms with Gasteiger partial charge in [-0.2, -0.15) is 5.26 Å². The van der Waals surface area contributed by atoms with E-state index in [0.717, 1.165) is 11.1 Å². The van der Waals surface area contributed by atoms with E-state index in [-0.39, 0.29) is 0 Å². The molecule has 78 valence electrons. The van der Waals surface area contributed by atoms with Crippen LogP contribution in [0.2, 0.25) is 5.02 Å². The Kier molecular flexibility index (Phi) is 2.80. The van der Waals surface area contributed by atoms with Crippen LogP contribution in [0.4, 0.5) is 5.69 Å². The molecule has 0 radical (unpaired) electrons. The summed E-state index contributed by atoms with van der Waals surface area (Å²) < 4.78 is 0. The minimum atomic E-state index is 0.585. The third-order valence-corrected chi connectivity index (χ3v) is 2.62. The van der Waals surface area contributed by atoms with Crippen molar-refractivity contribution in [3.05, 3.63) is 53.1 Å². The van der Waals surface area contributed by atoms with Gasteiger partial charge in [0.2, 0.25) is 0 Å². The van der Waals surface area contributed by atoms with Gasteiger partial charge in [-0.25, -0.2) is 0 Å². The van der Waals surface area contributed by atoms with E-state index in [9.17, 15) is 0 Å². The van der Waals surface area contributed by atoms with Gasteiger partial charge in [-0.3, -0.25) is 0 Å². The van der Waals surface area contributed by atoms with Crippen LogP contribution in [-0.4, -0.2) is 0 Å². The van der Waals surface area contributed by atoms with Crippen LogP contribution in [0, 0.1) is 11.3 Å². The molecule has 0 atom stereocenters. The standard InChI is InChI=1S/C13H9ClN2/c14-13-5-4-9(8-15)6-12(13)10-2-1-3-11(16)7-10/h1-7H,16H2. The second-order valence-corrected chi connectivity index (χ2v) is 3.84. The van der Waals surface area contributed by atoms with Crippen molar-refractivity contribution in [3.8, 4) is 17.2 Å². The van der Waals surface area contributed by atoms with Crippen LogP contribution in [-0.2, 0) is 0 Å². The third kappa shape index (κ3) is 2.00. The number of anilines is 1. The van der Waals surface area contributed by atoms with E-state index in [0.29, 0.717) is 16.3 Å². The topological polar surface area (TPSA) is 49.8 Å². The van der Waals surface area contributed by atoms with E-state index in [4.69, 9.17) is 22.6 Å². The molecule has 16 heavy (non-hydrogen) atoms. The van der Waals surface area contributed by atoms with Crippen molar-refractivity contribution in [2.45, 2.75) is 0 Å². The molecule has 0 saturated heterocycles. The van der Waals surface area contributed by atoms with E-state index in [1.165, 1.54) is 0 Å². The summed E-state index contributed by atoms with van der Waals surface area (Å²) in [4.78, 5) is 0. The van der Waals surface area contributed by atoms with Gasteiger partial charge in [-0.1, -0.05) is 23.7 Å². The molecule has 0 aliphatic carbocycles. The highest BCUT2D eigenvalue weighted by Gasteiger charge is 2.04. The first-order chi connectivity index (χ1) is 7.70. The van der Waals surface area contributed by atoms with Crippen LogP contribution in [0.3, 0.4) is 0 Å². The van der Waals surface area contributed by atoms with Crippen molar-refractivity contribution in [3.63, 3.8) is 0 Å². The van der Waals surface area contributed by atoms with Gasteiger partial charge in [0.15, 0.2) is 0 Å². The second kappa shape index (κ2) is 4.26. The molecule has 0 aliphatic rings. The highest BCUT2D eigenvalue weighted by atomic mass is 35.5. The van der Waals surface area contributed by atoms with Crippen molar-refractivity contribution < 1.29 is 0 Å². The van der Waals surface area contributed by atoms with E-state index in [2.05, 4.69) is 6.07 Å². The van der Waals surface area contributed by atoms with Crippen LogP contribution >= 0.6 is 11.6 Å². The maximum Gasteiger partial charge on any atom is 0.0991 e. The fourth-order valence-electron chi connectivity index (χ4n) is 1.52. The quantitative estimate of drug-likeness (QED) is 0.760. The number of halogens is 1. The summed E-state index contributed by atoms with van der Waals surface area (Å²) >= 11 is 6.09. The average Bonchev–Trinajstić information content (AvgIpc) is 2.30. The van der Waals surface area contributed by atoms with Gasteiger partial charge < -0.3 is 5.73 Å². The van der Waals surface area contributed by atoms with Crippen LogP contribution in [0.25, 0.3) is 11.1 Å². The molecular formula is C13H9ClN2. The number of rotatable bonds is 1. The van der Waals surface area contributed by atoms with E-state index in [1.807, 2.05) is 24.3 Å². The molecule has 0 amide bonds. The van der Waals surface area contributed by atoms with Crippen LogP contribution in [0.15, 0.2) is 42.5 Å². The first kappa shape index (κ1) is 10.5. The molecule has 0 unspecified atom stereocenters. The predicted octanol–water partition coefficient (Wildman–Crippen LogP) is 3.46. The molecule has 3 heteroatoms. The van der Waals surface area contributed by atoms with Crippen LogP contribution in [0.1, 0.15) is 5.56 Å². The molecule has 0 saturated carbocycles. The maximum absolute atomic E-state index is 8.84. The number of hydrogen-bond acceptors (Lipinski definition) is 2. The van der Waals surface area contributed by atoms with E-state index >= 15 is 0 Å². The van der Waals surface area contributed by atoms with Crippen LogP contribution in [0.5, 0.6) is 0 Å². The van der Waals surface area contributed by atoms with E-state index in [1.54, 1.807) is 18.2 Å². The number of hydrogen-bond donors (Lipinski definition) is 1. The molecular weight excluding hydrogens is 220 g/mol. The smallest absolute Gasteiger partial charge is 0.0991 e. The van der Waals surface area contributed by atoms with Crippen LogP contribution < -0.4 is 5.73 Å². The van der Waals surface area contributed by atoms with Crippen molar-refractivity contribution in [1.82, 2.24) is 0 Å². The van der Waals surface area contributed by atoms with Crippen molar-refractivity contribution in [1.29, 1.82) is 5.26 Å². The number of nitriles is 1. The molecule has 0 fully saturated rings. The summed E-state index contributed by atoms with van der Waals surface area (Å²) in [6, 6.07) is 14.7. The lowest BCUT2D eigenvalue weighted by atomic mass is 10.0. The number of nitrogen functional groups attached to an aromatic ring is 1. The minimum Gasteiger partial charge on any atom is -0.399 e. The fraction of sp³-hybridized carbons (Fsp3) is 0. The van der Waals surface area contributed by atoms with Gasteiger partial charge in [0.25, 0.3) is 0 Å². The number of nitrogens with zero attached hydrogens (tertiary/aromatic N) is 1. The lowest BCUT2D eigenvalue weighted by Crippen LogP contribution is -1.86. The molecule has 2 nitrogen and oxygen atoms in total. The molecule has 0 aromatic heterocycles. The van der Waals surface area contributed by atoms with E-state index < -0.39 is 0 Å². The Bertz CT molecular complexity index is 570. The Morgan fingerprint density at radius 1 is 1.12 bits per heavy atom. The molecule has 2 aromatic carbocycles. The summed E-state index contributed by atoms with van der Waals surface area (Å²) in [6.07, 6.45) is 0. The molecule has 2 rings (SSSR count). The zero-order valence-corrected chi connectivity index (χ0v) is 9.20. The fourth-order valence-corrected chi connectivity index (χ4v) is 1.75.